The third-order valence-electron chi connectivity index (χ3n) is 1.66. The Kier molecular flexibility index (Phi) is 1.01. The normalized spacial score (nSPS) is 13.6. The number of aliphatic imine (C=N–C) groups is 1. The molecule has 0 spiro atoms. The fourth-order valence-electron chi connectivity index (χ4n) is 1.12. The SMILES string of the molecule is Oc1cccc2c1C=NC2.[H+]. The largest absolute Gasteiger partial charge is 1.00 e. The van der Waals surface area contributed by atoms with E-state index in [0.717, 1.165) is 11.1 Å². The summed E-state index contributed by atoms with van der Waals surface area (Å²) in [4.78, 5) is 4.03. The molecule has 0 bridgehead atoms. The Morgan fingerprint density at radius 1 is 1.50 bits per heavy atom. The fraction of sp³-hybridized carbons (Fsp3) is 0.125. The second-order valence-electron chi connectivity index (χ2n) is 2.32. The topological polar surface area (TPSA) is 32.6 Å². The molecule has 1 N–H and O–H groups in total. The molecule has 0 unspecified atom stereocenters. The zero-order valence-electron chi connectivity index (χ0n) is 6.41. The van der Waals surface area contributed by atoms with E-state index in [2.05, 4.69) is 4.99 Å². The number of phenols is 1. The van der Waals surface area contributed by atoms with Gasteiger partial charge in [-0.2, -0.15) is 0 Å². The van der Waals surface area contributed by atoms with E-state index < -0.39 is 0 Å². The summed E-state index contributed by atoms with van der Waals surface area (Å²) in [5.74, 6) is 0.332. The number of nitrogens with zero attached hydrogens (tertiary/aromatic N) is 1. The highest BCUT2D eigenvalue weighted by atomic mass is 16.3. The van der Waals surface area contributed by atoms with Crippen molar-refractivity contribution in [2.24, 2.45) is 4.99 Å². The summed E-state index contributed by atoms with van der Waals surface area (Å²) in [5.41, 5.74) is 1.99. The number of aromatic hydroxyl groups is 1. The molecular weight excluding hydrogens is 126 g/mol. The van der Waals surface area contributed by atoms with Crippen LogP contribution in [0.25, 0.3) is 0 Å². The van der Waals surface area contributed by atoms with E-state index in [9.17, 15) is 5.11 Å². The first-order chi connectivity index (χ1) is 4.88. The second kappa shape index (κ2) is 1.84. The molecule has 0 atom stereocenters. The summed E-state index contributed by atoms with van der Waals surface area (Å²) < 4.78 is 0. The Morgan fingerprint density at radius 2 is 2.40 bits per heavy atom. The van der Waals surface area contributed by atoms with E-state index in [4.69, 9.17) is 0 Å². The van der Waals surface area contributed by atoms with Gasteiger partial charge in [0, 0.05) is 11.8 Å². The number of phenolic OH excluding ortho intramolecular Hbond substituents is 1. The zero-order valence-corrected chi connectivity index (χ0v) is 5.41. The van der Waals surface area contributed by atoms with Gasteiger partial charge in [-0.25, -0.2) is 0 Å². The number of hydrogen-bond acceptors (Lipinski definition) is 2. The van der Waals surface area contributed by atoms with Gasteiger partial charge in [-0.15, -0.1) is 0 Å². The summed E-state index contributed by atoms with van der Waals surface area (Å²) >= 11 is 0. The summed E-state index contributed by atoms with van der Waals surface area (Å²) in [6.45, 7) is 0.712. The Morgan fingerprint density at radius 3 is 3.20 bits per heavy atom. The maximum Gasteiger partial charge on any atom is 1.00 e. The van der Waals surface area contributed by atoms with Gasteiger partial charge in [-0.05, 0) is 11.6 Å². The van der Waals surface area contributed by atoms with Gasteiger partial charge < -0.3 is 5.11 Å². The molecule has 1 heterocycles. The highest BCUT2D eigenvalue weighted by Gasteiger charge is 2.08. The Bertz CT molecular complexity index is 296. The van der Waals surface area contributed by atoms with Crippen molar-refractivity contribution in [2.45, 2.75) is 6.54 Å². The van der Waals surface area contributed by atoms with Crippen molar-refractivity contribution < 1.29 is 6.53 Å². The third-order valence-corrected chi connectivity index (χ3v) is 1.66. The molecule has 0 saturated heterocycles. The van der Waals surface area contributed by atoms with Gasteiger partial charge in [-0.1, -0.05) is 12.1 Å². The maximum atomic E-state index is 9.24. The molecule has 1 aromatic rings. The van der Waals surface area contributed by atoms with Crippen LogP contribution < -0.4 is 0 Å². The van der Waals surface area contributed by atoms with Crippen molar-refractivity contribution in [1.82, 2.24) is 0 Å². The first-order valence-electron chi connectivity index (χ1n) is 3.18. The van der Waals surface area contributed by atoms with E-state index in [1.165, 1.54) is 0 Å². The van der Waals surface area contributed by atoms with Crippen LogP contribution in [-0.4, -0.2) is 11.3 Å². The smallest absolute Gasteiger partial charge is 0.507 e. The molecule has 1 aromatic carbocycles. The van der Waals surface area contributed by atoms with E-state index in [0.29, 0.717) is 12.3 Å². The van der Waals surface area contributed by atoms with Crippen LogP contribution in [0.5, 0.6) is 5.75 Å². The minimum atomic E-state index is 0. The van der Waals surface area contributed by atoms with Gasteiger partial charge >= 0.3 is 1.43 Å². The second-order valence-corrected chi connectivity index (χ2v) is 2.32. The third kappa shape index (κ3) is 0.620. The van der Waals surface area contributed by atoms with Crippen LogP contribution in [0.2, 0.25) is 0 Å². The first-order valence-corrected chi connectivity index (χ1v) is 3.18. The average Bonchev–Trinajstić information content (AvgIpc) is 2.36. The van der Waals surface area contributed by atoms with Crippen LogP contribution in [-0.2, 0) is 6.54 Å². The van der Waals surface area contributed by atoms with Crippen LogP contribution >= 0.6 is 0 Å². The number of hydrogen-bond donors (Lipinski definition) is 1. The van der Waals surface area contributed by atoms with Gasteiger partial charge in [0.25, 0.3) is 0 Å². The fourth-order valence-corrected chi connectivity index (χ4v) is 1.12. The van der Waals surface area contributed by atoms with Crippen molar-refractivity contribution in [1.29, 1.82) is 0 Å². The molecule has 50 valence electrons. The van der Waals surface area contributed by atoms with E-state index >= 15 is 0 Å². The van der Waals surface area contributed by atoms with Crippen LogP contribution in [0, 0.1) is 0 Å². The summed E-state index contributed by atoms with van der Waals surface area (Å²) in [6.07, 6.45) is 1.71. The van der Waals surface area contributed by atoms with Gasteiger partial charge in [0.05, 0.1) is 6.54 Å². The summed E-state index contributed by atoms with van der Waals surface area (Å²) in [6, 6.07) is 5.49. The van der Waals surface area contributed by atoms with Crippen LogP contribution in [0.15, 0.2) is 23.2 Å². The average molecular weight is 134 g/mol. The summed E-state index contributed by atoms with van der Waals surface area (Å²) in [5, 5.41) is 9.24. The van der Waals surface area contributed by atoms with E-state index in [1.54, 1.807) is 12.3 Å². The van der Waals surface area contributed by atoms with E-state index in [1.807, 2.05) is 12.1 Å². The Labute approximate surface area is 60.3 Å². The molecule has 2 heteroatoms. The quantitative estimate of drug-likeness (QED) is 0.572. The van der Waals surface area contributed by atoms with Gasteiger partial charge in [-0.3, -0.25) is 4.99 Å². The zero-order chi connectivity index (χ0) is 6.97. The highest BCUT2D eigenvalue weighted by Crippen LogP contribution is 2.22. The van der Waals surface area contributed by atoms with Crippen molar-refractivity contribution in [3.05, 3.63) is 29.3 Å². The standard InChI is InChI=1S/C8H7NO/c10-8-3-1-2-6-4-9-5-7(6)8/h1-3,5,10H,4H2/p+1. The minimum absolute atomic E-state index is 0. The molecular formula is C8H8NO+. The minimum Gasteiger partial charge on any atom is -0.507 e. The molecule has 0 aromatic heterocycles. The lowest BCUT2D eigenvalue weighted by molar-refractivity contribution is 0.474. The summed E-state index contributed by atoms with van der Waals surface area (Å²) in [7, 11) is 0. The lowest BCUT2D eigenvalue weighted by Gasteiger charge is -1.97. The predicted molar refractivity (Wildman–Crippen MR) is 40.5 cm³/mol. The van der Waals surface area contributed by atoms with Crippen molar-refractivity contribution in [3.8, 4) is 5.75 Å². The van der Waals surface area contributed by atoms with Crippen LogP contribution in [0.4, 0.5) is 0 Å². The van der Waals surface area contributed by atoms with Gasteiger partial charge in [0.15, 0.2) is 0 Å². The van der Waals surface area contributed by atoms with Crippen molar-refractivity contribution in [2.75, 3.05) is 0 Å². The molecule has 0 fully saturated rings. The van der Waals surface area contributed by atoms with Crippen molar-refractivity contribution in [3.63, 3.8) is 0 Å². The Balaban J connectivity index is 0.000000605. The molecule has 1 aliphatic heterocycles. The Hall–Kier alpha value is -1.31. The molecule has 0 aliphatic carbocycles. The van der Waals surface area contributed by atoms with Crippen molar-refractivity contribution >= 4 is 6.21 Å². The first kappa shape index (κ1) is 5.47. The molecule has 0 saturated carbocycles. The molecule has 0 radical (unpaired) electrons. The highest BCUT2D eigenvalue weighted by molar-refractivity contribution is 5.87. The maximum absolute atomic E-state index is 9.24. The predicted octanol–water partition coefficient (Wildman–Crippen LogP) is 1.44. The number of rotatable bonds is 0. The lowest BCUT2D eigenvalue weighted by atomic mass is 10.1. The number of benzene rings is 1. The molecule has 2 nitrogen and oxygen atoms in total. The lowest BCUT2D eigenvalue weighted by Crippen LogP contribution is -1.82. The molecule has 0 amide bonds. The monoisotopic (exact) mass is 134 g/mol. The van der Waals surface area contributed by atoms with E-state index in [-0.39, 0.29) is 1.43 Å². The molecule has 10 heavy (non-hydrogen) atoms. The van der Waals surface area contributed by atoms with Gasteiger partial charge in [0.2, 0.25) is 0 Å². The molecule has 2 rings (SSSR count). The van der Waals surface area contributed by atoms with Crippen LogP contribution in [0.3, 0.4) is 0 Å². The number of fused-ring (bicyclic) bond motifs is 1. The van der Waals surface area contributed by atoms with Gasteiger partial charge in [0.1, 0.15) is 5.75 Å². The molecule has 1 aliphatic rings. The van der Waals surface area contributed by atoms with Crippen LogP contribution in [0.1, 0.15) is 12.6 Å².